The van der Waals surface area contributed by atoms with Crippen molar-refractivity contribution in [1.29, 1.82) is 0 Å². The number of carbonyl (C=O) groups excluding carboxylic acids is 3. The number of hydrogen-bond donors (Lipinski definition) is 1. The van der Waals surface area contributed by atoms with Gasteiger partial charge >= 0.3 is 12.0 Å². The van der Waals surface area contributed by atoms with Gasteiger partial charge < -0.3 is 19.5 Å². The number of benzene rings is 3. The first-order chi connectivity index (χ1) is 16.5. The standard InChI is InChI=1S/C26H22N2O6/c1-16-20-9-8-19(25(30)32-14-18-7-10-22-23(11-18)34-15-33-22)12-21(20)24(29)28(26(31)27-16)13-17-5-3-2-4-6-17/h2-12,16H,13-15H2,1H3,(H,27,31). The highest BCUT2D eigenvalue weighted by Gasteiger charge is 2.32. The molecule has 1 unspecified atom stereocenters. The number of rotatable bonds is 5. The van der Waals surface area contributed by atoms with E-state index in [9.17, 15) is 14.4 Å². The number of esters is 1. The molecule has 2 aliphatic heterocycles. The van der Waals surface area contributed by atoms with Crippen molar-refractivity contribution in [2.24, 2.45) is 0 Å². The van der Waals surface area contributed by atoms with Crippen LogP contribution in [0.4, 0.5) is 4.79 Å². The van der Waals surface area contributed by atoms with E-state index in [2.05, 4.69) is 5.32 Å². The van der Waals surface area contributed by atoms with Crippen LogP contribution in [-0.4, -0.2) is 29.6 Å². The molecule has 2 heterocycles. The quantitative estimate of drug-likeness (QED) is 0.576. The lowest BCUT2D eigenvalue weighted by Gasteiger charge is -2.19. The summed E-state index contributed by atoms with van der Waals surface area (Å²) in [7, 11) is 0. The monoisotopic (exact) mass is 458 g/mol. The van der Waals surface area contributed by atoms with Gasteiger partial charge in [0.1, 0.15) is 6.61 Å². The number of hydrogen-bond acceptors (Lipinski definition) is 6. The third kappa shape index (κ3) is 4.17. The Hall–Kier alpha value is -4.33. The van der Waals surface area contributed by atoms with Crippen LogP contribution in [-0.2, 0) is 17.9 Å². The van der Waals surface area contributed by atoms with E-state index in [0.29, 0.717) is 22.6 Å². The van der Waals surface area contributed by atoms with Crippen molar-refractivity contribution < 1.29 is 28.6 Å². The van der Waals surface area contributed by atoms with Crippen LogP contribution in [0, 0.1) is 0 Å². The number of nitrogens with one attached hydrogen (secondary N) is 1. The Morgan fingerprint density at radius 2 is 1.79 bits per heavy atom. The van der Waals surface area contributed by atoms with Gasteiger partial charge in [0.2, 0.25) is 6.79 Å². The summed E-state index contributed by atoms with van der Waals surface area (Å²) >= 11 is 0. The fraction of sp³-hybridized carbons (Fsp3) is 0.192. The fourth-order valence-electron chi connectivity index (χ4n) is 4.00. The summed E-state index contributed by atoms with van der Waals surface area (Å²) in [6.07, 6.45) is 0. The van der Waals surface area contributed by atoms with E-state index in [1.165, 1.54) is 6.07 Å². The summed E-state index contributed by atoms with van der Waals surface area (Å²) in [4.78, 5) is 40.0. The molecule has 1 atom stereocenters. The van der Waals surface area contributed by atoms with Crippen LogP contribution >= 0.6 is 0 Å². The molecule has 8 nitrogen and oxygen atoms in total. The van der Waals surface area contributed by atoms with E-state index in [4.69, 9.17) is 14.2 Å². The SMILES string of the molecule is CC1NC(=O)N(Cc2ccccc2)C(=O)c2cc(C(=O)OCc3ccc4c(c3)OCO4)ccc21. The predicted octanol–water partition coefficient (Wildman–Crippen LogP) is 4.20. The van der Waals surface area contributed by atoms with Crippen molar-refractivity contribution in [3.8, 4) is 11.5 Å². The van der Waals surface area contributed by atoms with Gasteiger partial charge in [-0.1, -0.05) is 42.5 Å². The maximum atomic E-state index is 13.3. The first-order valence-electron chi connectivity index (χ1n) is 10.9. The molecule has 0 aromatic heterocycles. The molecule has 0 fully saturated rings. The Morgan fingerprint density at radius 1 is 1.00 bits per heavy atom. The second-order valence-electron chi connectivity index (χ2n) is 8.11. The minimum atomic E-state index is -0.570. The molecule has 0 aliphatic carbocycles. The summed E-state index contributed by atoms with van der Waals surface area (Å²) in [6, 6.07) is 18.5. The lowest BCUT2D eigenvalue weighted by atomic mass is 9.98. The summed E-state index contributed by atoms with van der Waals surface area (Å²) in [5, 5.41) is 2.84. The van der Waals surface area contributed by atoms with Crippen molar-refractivity contribution in [3.63, 3.8) is 0 Å². The fourth-order valence-corrected chi connectivity index (χ4v) is 4.00. The van der Waals surface area contributed by atoms with E-state index in [1.807, 2.05) is 30.3 Å². The Morgan fingerprint density at radius 3 is 2.62 bits per heavy atom. The summed E-state index contributed by atoms with van der Waals surface area (Å²) in [5.41, 5.74) is 2.73. The lowest BCUT2D eigenvalue weighted by molar-refractivity contribution is 0.0472. The van der Waals surface area contributed by atoms with E-state index in [-0.39, 0.29) is 25.5 Å². The zero-order valence-electron chi connectivity index (χ0n) is 18.4. The van der Waals surface area contributed by atoms with Gasteiger partial charge in [0, 0.05) is 5.56 Å². The molecule has 2 aliphatic rings. The van der Waals surface area contributed by atoms with E-state index in [0.717, 1.165) is 16.0 Å². The third-order valence-electron chi connectivity index (χ3n) is 5.81. The first-order valence-corrected chi connectivity index (χ1v) is 10.9. The second kappa shape index (κ2) is 8.90. The van der Waals surface area contributed by atoms with Crippen molar-refractivity contribution in [3.05, 3.63) is 94.5 Å². The number of ether oxygens (including phenoxy) is 3. The number of imide groups is 1. The van der Waals surface area contributed by atoms with E-state index < -0.39 is 23.9 Å². The molecule has 172 valence electrons. The highest BCUT2D eigenvalue weighted by Crippen LogP contribution is 2.33. The molecule has 3 aromatic carbocycles. The Bertz CT molecular complexity index is 1270. The maximum absolute atomic E-state index is 13.3. The number of fused-ring (bicyclic) bond motifs is 2. The molecule has 0 radical (unpaired) electrons. The van der Waals surface area contributed by atoms with Crippen LogP contribution in [0.2, 0.25) is 0 Å². The molecular weight excluding hydrogens is 436 g/mol. The number of urea groups is 1. The molecule has 5 rings (SSSR count). The smallest absolute Gasteiger partial charge is 0.338 e. The maximum Gasteiger partial charge on any atom is 0.338 e. The molecule has 8 heteroatoms. The van der Waals surface area contributed by atoms with Gasteiger partial charge in [0.05, 0.1) is 18.2 Å². The van der Waals surface area contributed by atoms with Gasteiger partial charge in [0.15, 0.2) is 11.5 Å². The van der Waals surface area contributed by atoms with Crippen molar-refractivity contribution in [2.45, 2.75) is 26.1 Å². The molecule has 0 bridgehead atoms. The van der Waals surface area contributed by atoms with E-state index >= 15 is 0 Å². The Balaban J connectivity index is 1.36. The van der Waals surface area contributed by atoms with Gasteiger partial charge in [0.25, 0.3) is 5.91 Å². The Kier molecular flexibility index (Phi) is 5.63. The van der Waals surface area contributed by atoms with Crippen LogP contribution in [0.3, 0.4) is 0 Å². The van der Waals surface area contributed by atoms with Crippen molar-refractivity contribution >= 4 is 17.9 Å². The molecule has 1 N–H and O–H groups in total. The van der Waals surface area contributed by atoms with Gasteiger partial charge in [-0.05, 0) is 47.9 Å². The normalized spacial score (nSPS) is 16.5. The van der Waals surface area contributed by atoms with Crippen LogP contribution < -0.4 is 14.8 Å². The third-order valence-corrected chi connectivity index (χ3v) is 5.81. The van der Waals surface area contributed by atoms with Crippen LogP contribution in [0.15, 0.2) is 66.7 Å². The molecule has 3 aromatic rings. The largest absolute Gasteiger partial charge is 0.457 e. The molecule has 34 heavy (non-hydrogen) atoms. The van der Waals surface area contributed by atoms with Gasteiger partial charge in [-0.3, -0.25) is 9.69 Å². The zero-order chi connectivity index (χ0) is 23.7. The topological polar surface area (TPSA) is 94.2 Å². The number of nitrogens with zero attached hydrogens (tertiary/aromatic N) is 1. The predicted molar refractivity (Wildman–Crippen MR) is 121 cm³/mol. The highest BCUT2D eigenvalue weighted by atomic mass is 16.7. The average Bonchev–Trinajstić information content (AvgIpc) is 3.30. The molecule has 0 saturated carbocycles. The van der Waals surface area contributed by atoms with Gasteiger partial charge in [-0.15, -0.1) is 0 Å². The number of carbonyl (C=O) groups is 3. The van der Waals surface area contributed by atoms with Crippen molar-refractivity contribution in [1.82, 2.24) is 10.2 Å². The summed E-state index contributed by atoms with van der Waals surface area (Å²) in [6.45, 7) is 2.12. The molecular formula is C26H22N2O6. The molecule has 0 saturated heterocycles. The first kappa shape index (κ1) is 21.5. The second-order valence-corrected chi connectivity index (χ2v) is 8.11. The number of amides is 3. The molecule has 0 spiro atoms. The summed E-state index contributed by atoms with van der Waals surface area (Å²) < 4.78 is 16.1. The van der Waals surface area contributed by atoms with Gasteiger partial charge in [-0.25, -0.2) is 9.59 Å². The van der Waals surface area contributed by atoms with Crippen molar-refractivity contribution in [2.75, 3.05) is 6.79 Å². The molecule has 3 amide bonds. The minimum absolute atomic E-state index is 0.0388. The minimum Gasteiger partial charge on any atom is -0.457 e. The highest BCUT2D eigenvalue weighted by molar-refractivity contribution is 6.07. The van der Waals surface area contributed by atoms with Crippen LogP contribution in [0.25, 0.3) is 0 Å². The summed E-state index contributed by atoms with van der Waals surface area (Å²) in [5.74, 6) is 0.218. The zero-order valence-corrected chi connectivity index (χ0v) is 18.4. The van der Waals surface area contributed by atoms with E-state index in [1.54, 1.807) is 37.3 Å². The lowest BCUT2D eigenvalue weighted by Crippen LogP contribution is -2.41. The van der Waals surface area contributed by atoms with Crippen LogP contribution in [0.1, 0.15) is 50.4 Å². The average molecular weight is 458 g/mol. The van der Waals surface area contributed by atoms with Crippen LogP contribution in [0.5, 0.6) is 11.5 Å². The Labute approximate surface area is 196 Å². The van der Waals surface area contributed by atoms with Gasteiger partial charge in [-0.2, -0.15) is 0 Å².